The van der Waals surface area contributed by atoms with Gasteiger partial charge in [-0.15, -0.1) is 0 Å². The van der Waals surface area contributed by atoms with Crippen LogP contribution in [0, 0.1) is 0 Å². The molecular formula is C13H8N2O3. The van der Waals surface area contributed by atoms with Crippen LogP contribution in [0.5, 0.6) is 0 Å². The number of hydrogen-bond acceptors (Lipinski definition) is 3. The first kappa shape index (κ1) is 10.5. The molecule has 1 aromatic carbocycles. The summed E-state index contributed by atoms with van der Waals surface area (Å²) in [6.45, 7) is 0. The molecule has 0 radical (unpaired) electrons. The summed E-state index contributed by atoms with van der Waals surface area (Å²) in [5.74, 6) is -0.843. The van der Waals surface area contributed by atoms with Crippen molar-refractivity contribution >= 4 is 18.1 Å². The number of aromatic nitrogens is 1. The Morgan fingerprint density at radius 2 is 1.50 bits per heavy atom. The van der Waals surface area contributed by atoms with Crippen LogP contribution in [0.1, 0.15) is 31.2 Å². The minimum Gasteiger partial charge on any atom is -0.296 e. The van der Waals surface area contributed by atoms with Gasteiger partial charge in [-0.25, -0.2) is 4.68 Å². The van der Waals surface area contributed by atoms with Crippen molar-refractivity contribution in [1.29, 1.82) is 0 Å². The summed E-state index contributed by atoms with van der Waals surface area (Å²) in [6, 6.07) is 9.73. The maximum absolute atomic E-state index is 12.1. The number of carbonyl (C=O) groups is 3. The lowest BCUT2D eigenvalue weighted by Crippen LogP contribution is -2.40. The predicted molar refractivity (Wildman–Crippen MR) is 63.1 cm³/mol. The van der Waals surface area contributed by atoms with E-state index in [9.17, 15) is 14.4 Å². The molecule has 88 valence electrons. The average molecular weight is 240 g/mol. The molecule has 2 heterocycles. The van der Waals surface area contributed by atoms with E-state index in [4.69, 9.17) is 0 Å². The molecule has 1 aromatic heterocycles. The van der Waals surface area contributed by atoms with Gasteiger partial charge in [0.15, 0.2) is 6.29 Å². The maximum atomic E-state index is 12.1. The number of fused-ring (bicyclic) bond motifs is 1. The minimum atomic E-state index is -0.421. The molecule has 5 nitrogen and oxygen atoms in total. The molecule has 0 N–H and O–H groups in total. The molecular weight excluding hydrogens is 232 g/mol. The van der Waals surface area contributed by atoms with Gasteiger partial charge in [-0.05, 0) is 24.3 Å². The van der Waals surface area contributed by atoms with Crippen molar-refractivity contribution in [2.45, 2.75) is 0 Å². The average Bonchev–Trinajstić information content (AvgIpc) is 2.95. The standard InChI is InChI=1S/C13H8N2O3/c16-8-9-4-3-7-14(9)15-12(17)10-5-1-2-6-11(10)13(15)18/h1-8H. The van der Waals surface area contributed by atoms with Crippen molar-refractivity contribution in [2.24, 2.45) is 0 Å². The Kier molecular flexibility index (Phi) is 2.13. The second-order valence-electron chi connectivity index (χ2n) is 3.86. The van der Waals surface area contributed by atoms with E-state index in [2.05, 4.69) is 0 Å². The molecule has 2 aromatic rings. The first-order valence-electron chi connectivity index (χ1n) is 5.34. The molecule has 1 aliphatic heterocycles. The quantitative estimate of drug-likeness (QED) is 0.586. The molecule has 5 heteroatoms. The number of nitrogens with zero attached hydrogens (tertiary/aromatic N) is 2. The smallest absolute Gasteiger partial charge is 0.281 e. The minimum absolute atomic E-state index is 0.254. The Balaban J connectivity index is 2.15. The molecule has 0 unspecified atom stereocenters. The zero-order valence-corrected chi connectivity index (χ0v) is 9.24. The van der Waals surface area contributed by atoms with Gasteiger partial charge in [0, 0.05) is 6.20 Å². The lowest BCUT2D eigenvalue weighted by Gasteiger charge is -2.16. The van der Waals surface area contributed by atoms with E-state index in [0.717, 1.165) is 5.01 Å². The van der Waals surface area contributed by atoms with Gasteiger partial charge in [0.25, 0.3) is 11.8 Å². The summed E-state index contributed by atoms with van der Waals surface area (Å²) in [5.41, 5.74) is 0.964. The highest BCUT2D eigenvalue weighted by atomic mass is 16.2. The van der Waals surface area contributed by atoms with Crippen LogP contribution in [0.15, 0.2) is 42.6 Å². The predicted octanol–water partition coefficient (Wildman–Crippen LogP) is 1.23. The highest BCUT2D eigenvalue weighted by molar-refractivity contribution is 6.30. The highest BCUT2D eigenvalue weighted by Gasteiger charge is 2.37. The lowest BCUT2D eigenvalue weighted by atomic mass is 10.1. The summed E-state index contributed by atoms with van der Waals surface area (Å²) in [4.78, 5) is 35.1. The fourth-order valence-corrected chi connectivity index (χ4v) is 2.03. The van der Waals surface area contributed by atoms with E-state index in [-0.39, 0.29) is 5.69 Å². The molecule has 1 aliphatic rings. The number of carbonyl (C=O) groups excluding carboxylic acids is 3. The van der Waals surface area contributed by atoms with E-state index in [1.165, 1.54) is 16.9 Å². The second kappa shape index (κ2) is 3.66. The van der Waals surface area contributed by atoms with Crippen molar-refractivity contribution < 1.29 is 14.4 Å². The Hall–Kier alpha value is -2.69. The molecule has 3 rings (SSSR count). The third kappa shape index (κ3) is 1.24. The van der Waals surface area contributed by atoms with Gasteiger partial charge in [-0.1, -0.05) is 12.1 Å². The largest absolute Gasteiger partial charge is 0.296 e. The van der Waals surface area contributed by atoms with Crippen LogP contribution in [0.4, 0.5) is 0 Å². The van der Waals surface area contributed by atoms with Gasteiger partial charge >= 0.3 is 0 Å². The van der Waals surface area contributed by atoms with Crippen LogP contribution in [0.3, 0.4) is 0 Å². The third-order valence-corrected chi connectivity index (χ3v) is 2.87. The van der Waals surface area contributed by atoms with Crippen molar-refractivity contribution in [3.8, 4) is 0 Å². The summed E-state index contributed by atoms with van der Waals surface area (Å²) in [5, 5.41) is 0.967. The van der Waals surface area contributed by atoms with Crippen LogP contribution in [-0.2, 0) is 0 Å². The molecule has 0 bridgehead atoms. The van der Waals surface area contributed by atoms with E-state index in [1.807, 2.05) is 0 Å². The van der Waals surface area contributed by atoms with E-state index < -0.39 is 11.8 Å². The first-order valence-corrected chi connectivity index (χ1v) is 5.34. The summed E-state index contributed by atoms with van der Waals surface area (Å²) in [6.07, 6.45) is 2.11. The molecule has 2 amide bonds. The molecule has 0 aliphatic carbocycles. The zero-order valence-electron chi connectivity index (χ0n) is 9.24. The van der Waals surface area contributed by atoms with Gasteiger partial charge in [0.2, 0.25) is 0 Å². The molecule has 0 spiro atoms. The Labute approximate surface area is 102 Å². The summed E-state index contributed by atoms with van der Waals surface area (Å²) in [7, 11) is 0. The highest BCUT2D eigenvalue weighted by Crippen LogP contribution is 2.22. The molecule has 0 fully saturated rings. The second-order valence-corrected chi connectivity index (χ2v) is 3.86. The van der Waals surface area contributed by atoms with Crippen LogP contribution in [-0.4, -0.2) is 22.8 Å². The number of imide groups is 1. The monoisotopic (exact) mass is 240 g/mol. The van der Waals surface area contributed by atoms with Crippen LogP contribution in [0.2, 0.25) is 0 Å². The fourth-order valence-electron chi connectivity index (χ4n) is 2.03. The van der Waals surface area contributed by atoms with E-state index >= 15 is 0 Å². The fraction of sp³-hybridized carbons (Fsp3) is 0. The molecule has 18 heavy (non-hydrogen) atoms. The molecule has 0 saturated heterocycles. The Morgan fingerprint density at radius 3 is 2.06 bits per heavy atom. The first-order chi connectivity index (χ1) is 8.74. The number of hydrogen-bond donors (Lipinski definition) is 0. The van der Waals surface area contributed by atoms with Gasteiger partial charge < -0.3 is 0 Å². The van der Waals surface area contributed by atoms with Crippen molar-refractivity contribution in [2.75, 3.05) is 5.01 Å². The van der Waals surface area contributed by atoms with Crippen molar-refractivity contribution in [3.05, 3.63) is 59.4 Å². The molecule has 0 atom stereocenters. The van der Waals surface area contributed by atoms with Crippen molar-refractivity contribution in [3.63, 3.8) is 0 Å². The van der Waals surface area contributed by atoms with Gasteiger partial charge in [-0.3, -0.25) is 14.4 Å². The van der Waals surface area contributed by atoms with Crippen molar-refractivity contribution in [1.82, 2.24) is 4.68 Å². The lowest BCUT2D eigenvalue weighted by molar-refractivity contribution is 0.0885. The van der Waals surface area contributed by atoms with E-state index in [1.54, 1.807) is 30.3 Å². The van der Waals surface area contributed by atoms with Crippen LogP contribution in [0.25, 0.3) is 0 Å². The maximum Gasteiger partial charge on any atom is 0.281 e. The summed E-state index contributed by atoms with van der Waals surface area (Å²) >= 11 is 0. The Morgan fingerprint density at radius 1 is 0.889 bits per heavy atom. The third-order valence-electron chi connectivity index (χ3n) is 2.87. The number of aldehydes is 1. The zero-order chi connectivity index (χ0) is 12.7. The number of amides is 2. The van der Waals surface area contributed by atoms with Crippen LogP contribution < -0.4 is 5.01 Å². The van der Waals surface area contributed by atoms with Crippen LogP contribution >= 0.6 is 0 Å². The topological polar surface area (TPSA) is 59.4 Å². The SMILES string of the molecule is O=Cc1cccn1N1C(=O)c2ccccc2C1=O. The Bertz CT molecular complexity index is 637. The number of benzene rings is 1. The molecule has 0 saturated carbocycles. The number of rotatable bonds is 2. The van der Waals surface area contributed by atoms with Gasteiger partial charge in [0.05, 0.1) is 11.1 Å². The normalized spacial score (nSPS) is 13.9. The summed E-state index contributed by atoms with van der Waals surface area (Å²) < 4.78 is 1.26. The van der Waals surface area contributed by atoms with Gasteiger partial charge in [-0.2, -0.15) is 5.01 Å². The van der Waals surface area contributed by atoms with E-state index in [0.29, 0.717) is 17.4 Å². The van der Waals surface area contributed by atoms with Gasteiger partial charge in [0.1, 0.15) is 5.69 Å².